The molecule has 1 aromatic heterocycles. The van der Waals surface area contributed by atoms with Crippen LogP contribution in [0.1, 0.15) is 29.0 Å². The Bertz CT molecular complexity index is 2300. The van der Waals surface area contributed by atoms with Crippen molar-refractivity contribution < 1.29 is 4.42 Å². The van der Waals surface area contributed by atoms with E-state index in [4.69, 9.17) is 4.42 Å². The summed E-state index contributed by atoms with van der Waals surface area (Å²) >= 11 is 0. The van der Waals surface area contributed by atoms with Gasteiger partial charge in [-0.05, 0) is 110 Å². The van der Waals surface area contributed by atoms with Crippen molar-refractivity contribution >= 4 is 21.9 Å². The van der Waals surface area contributed by atoms with E-state index >= 15 is 0 Å². The van der Waals surface area contributed by atoms with Crippen molar-refractivity contribution in [3.05, 3.63) is 180 Å². The predicted molar refractivity (Wildman–Crippen MR) is 192 cm³/mol. The lowest BCUT2D eigenvalue weighted by Crippen LogP contribution is -2.02. The average molecular weight is 589 g/mol. The zero-order valence-electron chi connectivity index (χ0n) is 25.5. The average Bonchev–Trinajstić information content (AvgIpc) is 3.42. The smallest absolute Gasteiger partial charge is 0.135 e. The molecule has 1 heteroatoms. The summed E-state index contributed by atoms with van der Waals surface area (Å²) in [4.78, 5) is 0. The molecule has 0 aliphatic heterocycles. The topological polar surface area (TPSA) is 13.1 Å². The van der Waals surface area contributed by atoms with Gasteiger partial charge in [-0.3, -0.25) is 0 Å². The van der Waals surface area contributed by atoms with Gasteiger partial charge >= 0.3 is 0 Å². The quantitative estimate of drug-likeness (QED) is 0.199. The van der Waals surface area contributed by atoms with E-state index < -0.39 is 0 Å². The van der Waals surface area contributed by atoms with Crippen LogP contribution in [0.4, 0.5) is 0 Å². The van der Waals surface area contributed by atoms with Crippen molar-refractivity contribution in [3.63, 3.8) is 0 Å². The lowest BCUT2D eigenvalue weighted by Gasteiger charge is -2.19. The van der Waals surface area contributed by atoms with E-state index in [-0.39, 0.29) is 5.92 Å². The summed E-state index contributed by atoms with van der Waals surface area (Å²) in [5.74, 6) is 0.267. The molecule has 0 radical (unpaired) electrons. The van der Waals surface area contributed by atoms with E-state index in [1.54, 1.807) is 0 Å². The van der Waals surface area contributed by atoms with Crippen LogP contribution in [-0.2, 0) is 6.42 Å². The lowest BCUT2D eigenvalue weighted by molar-refractivity contribution is 0.667. The second kappa shape index (κ2) is 11.1. The Morgan fingerprint density at radius 2 is 1.02 bits per heavy atom. The van der Waals surface area contributed by atoms with Crippen molar-refractivity contribution in [2.45, 2.75) is 18.8 Å². The normalized spacial score (nSPS) is 14.1. The van der Waals surface area contributed by atoms with Crippen molar-refractivity contribution in [3.8, 4) is 44.5 Å². The Morgan fingerprint density at radius 1 is 0.413 bits per heavy atom. The maximum atomic E-state index is 6.54. The van der Waals surface area contributed by atoms with Gasteiger partial charge in [0.1, 0.15) is 11.2 Å². The highest BCUT2D eigenvalue weighted by Crippen LogP contribution is 2.45. The van der Waals surface area contributed by atoms with E-state index in [1.165, 1.54) is 72.0 Å². The predicted octanol–water partition coefficient (Wildman–Crippen LogP) is 12.3. The molecule has 0 amide bonds. The van der Waals surface area contributed by atoms with Gasteiger partial charge in [-0.15, -0.1) is 0 Å². The second-order valence-electron chi connectivity index (χ2n) is 12.4. The van der Waals surface area contributed by atoms with Crippen molar-refractivity contribution in [2.75, 3.05) is 0 Å². The second-order valence-corrected chi connectivity index (χ2v) is 12.4. The fourth-order valence-electron chi connectivity index (χ4n) is 7.54. The summed E-state index contributed by atoms with van der Waals surface area (Å²) in [6, 6.07) is 59.5. The van der Waals surface area contributed by atoms with Crippen molar-refractivity contribution in [1.29, 1.82) is 0 Å². The number of hydrogen-bond donors (Lipinski definition) is 0. The molecule has 1 aliphatic carbocycles. The Balaban J connectivity index is 1.23. The minimum atomic E-state index is 0.267. The van der Waals surface area contributed by atoms with Gasteiger partial charge in [-0.25, -0.2) is 0 Å². The third kappa shape index (κ3) is 4.55. The third-order valence-corrected chi connectivity index (χ3v) is 9.73. The van der Waals surface area contributed by atoms with Gasteiger partial charge in [0.05, 0.1) is 0 Å². The van der Waals surface area contributed by atoms with Crippen molar-refractivity contribution in [2.24, 2.45) is 0 Å². The Morgan fingerprint density at radius 3 is 1.76 bits per heavy atom. The molecular formula is C45H32O. The summed E-state index contributed by atoms with van der Waals surface area (Å²) in [6.45, 7) is 0. The number of benzene rings is 7. The lowest BCUT2D eigenvalue weighted by atomic mass is 9.83. The molecule has 1 heterocycles. The first kappa shape index (κ1) is 26.7. The highest BCUT2D eigenvalue weighted by Gasteiger charge is 2.26. The molecule has 0 fully saturated rings. The first-order chi connectivity index (χ1) is 22.8. The van der Waals surface area contributed by atoms with Crippen LogP contribution in [0.25, 0.3) is 66.4 Å². The third-order valence-electron chi connectivity index (χ3n) is 9.73. The Hall–Kier alpha value is -5.66. The maximum absolute atomic E-state index is 6.54. The summed E-state index contributed by atoms with van der Waals surface area (Å²) in [5.41, 5.74) is 16.0. The van der Waals surface area contributed by atoms with Gasteiger partial charge in [-0.2, -0.15) is 0 Å². The first-order valence-electron chi connectivity index (χ1n) is 16.2. The Labute approximate surface area is 269 Å². The molecule has 0 spiro atoms. The monoisotopic (exact) mass is 588 g/mol. The highest BCUT2D eigenvalue weighted by molar-refractivity contribution is 6.08. The first-order valence-corrected chi connectivity index (χ1v) is 16.2. The van der Waals surface area contributed by atoms with Crippen LogP contribution in [0.3, 0.4) is 0 Å². The molecule has 9 rings (SSSR count). The summed E-state index contributed by atoms with van der Waals surface area (Å²) in [5, 5.41) is 2.40. The van der Waals surface area contributed by atoms with Crippen LogP contribution in [0, 0.1) is 0 Å². The molecule has 0 saturated carbocycles. The van der Waals surface area contributed by atoms with Gasteiger partial charge in [0, 0.05) is 16.7 Å². The SMILES string of the molecule is c1ccc(-c2cc(-c3ccccc3)cc(-c3ccc4oc5cccc([C@@H]6CCc7ccccc7-c7ccccc76)c5c4c3)c2)cc1. The number of rotatable bonds is 4. The van der Waals surface area contributed by atoms with Crippen LogP contribution >= 0.6 is 0 Å². The molecule has 218 valence electrons. The molecule has 7 aromatic carbocycles. The molecular weight excluding hydrogens is 556 g/mol. The molecule has 0 bridgehead atoms. The van der Waals surface area contributed by atoms with Gasteiger partial charge in [0.2, 0.25) is 0 Å². The highest BCUT2D eigenvalue weighted by atomic mass is 16.3. The zero-order chi connectivity index (χ0) is 30.5. The van der Waals surface area contributed by atoms with E-state index in [2.05, 4.69) is 164 Å². The van der Waals surface area contributed by atoms with Gasteiger partial charge in [0.25, 0.3) is 0 Å². The van der Waals surface area contributed by atoms with E-state index in [9.17, 15) is 0 Å². The standard InChI is InChI=1S/C45H32O/c1-3-12-30(13-4-1)34-26-35(31-14-5-2-6-15-31)28-36(27-34)33-23-25-43-42(29-33)45-41(20-11-21-44(45)46-43)40-24-22-32-16-7-8-17-37(32)38-18-9-10-19-39(38)40/h1-21,23,25-29,40H,22,24H2/t40-/m1/s1. The summed E-state index contributed by atoms with van der Waals surface area (Å²) in [7, 11) is 0. The van der Waals surface area contributed by atoms with E-state index in [0.29, 0.717) is 0 Å². The zero-order valence-corrected chi connectivity index (χ0v) is 25.5. The minimum absolute atomic E-state index is 0.267. The largest absolute Gasteiger partial charge is 0.456 e. The fraction of sp³-hybridized carbons (Fsp3) is 0.0667. The van der Waals surface area contributed by atoms with Gasteiger partial charge in [-0.1, -0.05) is 127 Å². The van der Waals surface area contributed by atoms with Gasteiger partial charge < -0.3 is 4.42 Å². The molecule has 46 heavy (non-hydrogen) atoms. The van der Waals surface area contributed by atoms with Crippen LogP contribution in [0.15, 0.2) is 168 Å². The molecule has 1 nitrogen and oxygen atoms in total. The maximum Gasteiger partial charge on any atom is 0.135 e. The molecule has 0 N–H and O–H groups in total. The molecule has 0 unspecified atom stereocenters. The fourth-order valence-corrected chi connectivity index (χ4v) is 7.54. The van der Waals surface area contributed by atoms with Crippen LogP contribution in [-0.4, -0.2) is 0 Å². The van der Waals surface area contributed by atoms with Gasteiger partial charge in [0.15, 0.2) is 0 Å². The molecule has 1 atom stereocenters. The molecule has 0 saturated heterocycles. The van der Waals surface area contributed by atoms with Crippen molar-refractivity contribution in [1.82, 2.24) is 0 Å². The van der Waals surface area contributed by atoms with E-state index in [0.717, 1.165) is 24.0 Å². The number of hydrogen-bond acceptors (Lipinski definition) is 1. The minimum Gasteiger partial charge on any atom is -0.456 e. The number of fused-ring (bicyclic) bond motifs is 6. The summed E-state index contributed by atoms with van der Waals surface area (Å²) < 4.78 is 6.54. The van der Waals surface area contributed by atoms with E-state index in [1.807, 2.05) is 0 Å². The summed E-state index contributed by atoms with van der Waals surface area (Å²) in [6.07, 6.45) is 2.10. The number of aryl methyl sites for hydroxylation is 1. The molecule has 8 aromatic rings. The van der Waals surface area contributed by atoms with Crippen LogP contribution < -0.4 is 0 Å². The molecule has 1 aliphatic rings. The Kier molecular flexibility index (Phi) is 6.42. The number of furan rings is 1. The van der Waals surface area contributed by atoms with Crippen LogP contribution in [0.2, 0.25) is 0 Å². The van der Waals surface area contributed by atoms with Crippen LogP contribution in [0.5, 0.6) is 0 Å².